The molecule has 1 atom stereocenters. The summed E-state index contributed by atoms with van der Waals surface area (Å²) in [5.74, 6) is -3.92. The van der Waals surface area contributed by atoms with Crippen LogP contribution in [0.2, 0.25) is 0 Å². The molecule has 1 aliphatic heterocycles. The standard InChI is InChI=1S/C20H21F3N2O3S/c1-2-15-5-3-4-10-25(15)29(27,28)19-11-13(6-8-17(19)22)20(26)24-14-7-9-16(21)18(23)12-14/h6-9,11-12,15H,2-5,10H2,1H3,(H,24,26)/t15-/m0/s1. The molecule has 3 rings (SSSR count). The van der Waals surface area contributed by atoms with Gasteiger partial charge in [-0.15, -0.1) is 0 Å². The Kier molecular flexibility index (Phi) is 6.28. The second kappa shape index (κ2) is 8.54. The molecule has 1 fully saturated rings. The van der Waals surface area contributed by atoms with Gasteiger partial charge in [-0.3, -0.25) is 4.79 Å². The van der Waals surface area contributed by atoms with Crippen LogP contribution in [0, 0.1) is 17.5 Å². The van der Waals surface area contributed by atoms with Gasteiger partial charge in [0.2, 0.25) is 10.0 Å². The molecule has 2 aromatic rings. The number of benzene rings is 2. The summed E-state index contributed by atoms with van der Waals surface area (Å²) in [6.07, 6.45) is 2.90. The minimum Gasteiger partial charge on any atom is -0.322 e. The van der Waals surface area contributed by atoms with E-state index in [0.717, 1.165) is 42.8 Å². The lowest BCUT2D eigenvalue weighted by Gasteiger charge is -2.34. The van der Waals surface area contributed by atoms with Crippen molar-refractivity contribution < 1.29 is 26.4 Å². The summed E-state index contributed by atoms with van der Waals surface area (Å²) in [7, 11) is -4.13. The van der Waals surface area contributed by atoms with Gasteiger partial charge in [-0.2, -0.15) is 4.31 Å². The Morgan fingerprint density at radius 3 is 2.48 bits per heavy atom. The predicted octanol–water partition coefficient (Wildman–Crippen LogP) is 4.31. The highest BCUT2D eigenvalue weighted by Gasteiger charge is 2.34. The zero-order valence-electron chi connectivity index (χ0n) is 15.8. The summed E-state index contributed by atoms with van der Waals surface area (Å²) in [4.78, 5) is 11.9. The number of carbonyl (C=O) groups is 1. The third-order valence-electron chi connectivity index (χ3n) is 5.00. The molecule has 29 heavy (non-hydrogen) atoms. The van der Waals surface area contributed by atoms with E-state index in [4.69, 9.17) is 0 Å². The van der Waals surface area contributed by atoms with Crippen LogP contribution in [0.15, 0.2) is 41.3 Å². The van der Waals surface area contributed by atoms with Gasteiger partial charge >= 0.3 is 0 Å². The molecular formula is C20H21F3N2O3S. The van der Waals surface area contributed by atoms with Crippen molar-refractivity contribution in [2.24, 2.45) is 0 Å². The van der Waals surface area contributed by atoms with Crippen LogP contribution in [-0.4, -0.2) is 31.2 Å². The third kappa shape index (κ3) is 4.45. The van der Waals surface area contributed by atoms with Crippen LogP contribution in [0.3, 0.4) is 0 Å². The van der Waals surface area contributed by atoms with E-state index in [-0.39, 0.29) is 17.3 Å². The first-order valence-corrected chi connectivity index (χ1v) is 10.8. The maximum absolute atomic E-state index is 14.4. The van der Waals surface area contributed by atoms with Crippen molar-refractivity contribution in [3.63, 3.8) is 0 Å². The molecule has 1 N–H and O–H groups in total. The van der Waals surface area contributed by atoms with Crippen molar-refractivity contribution in [1.82, 2.24) is 4.31 Å². The number of anilines is 1. The fourth-order valence-corrected chi connectivity index (χ4v) is 5.30. The minimum absolute atomic E-state index is 0.00953. The molecule has 1 heterocycles. The van der Waals surface area contributed by atoms with Crippen LogP contribution >= 0.6 is 0 Å². The van der Waals surface area contributed by atoms with Crippen LogP contribution in [0.4, 0.5) is 18.9 Å². The lowest BCUT2D eigenvalue weighted by atomic mass is 10.0. The highest BCUT2D eigenvalue weighted by atomic mass is 32.2. The summed E-state index contributed by atoms with van der Waals surface area (Å²) in [5.41, 5.74) is -0.121. The van der Waals surface area contributed by atoms with Gasteiger partial charge in [0.05, 0.1) is 0 Å². The lowest BCUT2D eigenvalue weighted by Crippen LogP contribution is -2.43. The second-order valence-corrected chi connectivity index (χ2v) is 8.76. The van der Waals surface area contributed by atoms with Crippen LogP contribution in [0.5, 0.6) is 0 Å². The van der Waals surface area contributed by atoms with E-state index >= 15 is 0 Å². The minimum atomic E-state index is -4.13. The number of nitrogens with zero attached hydrogens (tertiary/aromatic N) is 1. The molecule has 2 aromatic carbocycles. The third-order valence-corrected chi connectivity index (χ3v) is 6.97. The molecule has 0 radical (unpaired) electrons. The number of carbonyl (C=O) groups excluding carboxylic acids is 1. The maximum Gasteiger partial charge on any atom is 0.255 e. The van der Waals surface area contributed by atoms with Crippen molar-refractivity contribution in [3.8, 4) is 0 Å². The zero-order chi connectivity index (χ0) is 21.2. The first-order valence-electron chi connectivity index (χ1n) is 9.32. The van der Waals surface area contributed by atoms with Crippen molar-refractivity contribution in [1.29, 1.82) is 0 Å². The summed E-state index contributed by atoms with van der Waals surface area (Å²) in [6.45, 7) is 2.17. The zero-order valence-corrected chi connectivity index (χ0v) is 16.6. The van der Waals surface area contributed by atoms with E-state index in [2.05, 4.69) is 5.32 Å². The van der Waals surface area contributed by atoms with E-state index in [1.807, 2.05) is 6.92 Å². The Balaban J connectivity index is 1.90. The largest absolute Gasteiger partial charge is 0.322 e. The molecule has 1 aliphatic rings. The Morgan fingerprint density at radius 2 is 1.79 bits per heavy atom. The van der Waals surface area contributed by atoms with E-state index in [1.165, 1.54) is 4.31 Å². The first kappa shape index (κ1) is 21.3. The molecule has 156 valence electrons. The smallest absolute Gasteiger partial charge is 0.255 e. The maximum atomic E-state index is 14.4. The fraction of sp³-hybridized carbons (Fsp3) is 0.350. The summed E-state index contributed by atoms with van der Waals surface area (Å²) >= 11 is 0. The molecule has 0 aromatic heterocycles. The Morgan fingerprint density at radius 1 is 1.07 bits per heavy atom. The average molecular weight is 426 g/mol. The molecule has 1 saturated heterocycles. The van der Waals surface area contributed by atoms with Crippen LogP contribution in [0.1, 0.15) is 43.0 Å². The van der Waals surface area contributed by atoms with Gasteiger partial charge in [0.25, 0.3) is 5.91 Å². The number of nitrogens with one attached hydrogen (secondary N) is 1. The number of hydrogen-bond donors (Lipinski definition) is 1. The van der Waals surface area contributed by atoms with Gasteiger partial charge in [0, 0.05) is 29.9 Å². The quantitative estimate of drug-likeness (QED) is 0.775. The van der Waals surface area contributed by atoms with Crippen LogP contribution in [-0.2, 0) is 10.0 Å². The molecule has 0 saturated carbocycles. The van der Waals surface area contributed by atoms with Gasteiger partial charge < -0.3 is 5.32 Å². The normalized spacial score (nSPS) is 17.9. The molecule has 0 unspecified atom stereocenters. The van der Waals surface area contributed by atoms with E-state index < -0.39 is 38.3 Å². The summed E-state index contributed by atoms with van der Waals surface area (Å²) < 4.78 is 68.2. The fourth-order valence-electron chi connectivity index (χ4n) is 3.44. The first-order chi connectivity index (χ1) is 13.7. The number of sulfonamides is 1. The van der Waals surface area contributed by atoms with Crippen LogP contribution < -0.4 is 5.32 Å². The number of halogens is 3. The van der Waals surface area contributed by atoms with Gasteiger partial charge in [-0.1, -0.05) is 13.3 Å². The molecule has 0 spiro atoms. The molecule has 0 bridgehead atoms. The summed E-state index contributed by atoms with van der Waals surface area (Å²) in [5, 5.41) is 2.35. The van der Waals surface area contributed by atoms with Gasteiger partial charge in [0.1, 0.15) is 10.7 Å². The highest BCUT2D eigenvalue weighted by Crippen LogP contribution is 2.29. The molecular weight excluding hydrogens is 405 g/mol. The SMILES string of the molecule is CC[C@H]1CCCCN1S(=O)(=O)c1cc(C(=O)Nc2ccc(F)c(F)c2)ccc1F. The van der Waals surface area contributed by atoms with Crippen molar-refractivity contribution in [2.75, 3.05) is 11.9 Å². The van der Waals surface area contributed by atoms with Crippen molar-refractivity contribution in [2.45, 2.75) is 43.5 Å². The Bertz CT molecular complexity index is 1030. The average Bonchev–Trinajstić information content (AvgIpc) is 2.70. The molecule has 0 aliphatic carbocycles. The number of rotatable bonds is 5. The molecule has 9 heteroatoms. The number of hydrogen-bond acceptors (Lipinski definition) is 3. The highest BCUT2D eigenvalue weighted by molar-refractivity contribution is 7.89. The van der Waals surface area contributed by atoms with Crippen molar-refractivity contribution in [3.05, 3.63) is 59.4 Å². The van der Waals surface area contributed by atoms with Gasteiger partial charge in [-0.25, -0.2) is 21.6 Å². The Labute approximate surface area is 167 Å². The Hall–Kier alpha value is -2.39. The number of piperidine rings is 1. The topological polar surface area (TPSA) is 66.5 Å². The van der Waals surface area contributed by atoms with E-state index in [1.54, 1.807) is 0 Å². The summed E-state index contributed by atoms with van der Waals surface area (Å²) in [6, 6.07) is 5.63. The second-order valence-electron chi connectivity index (χ2n) is 6.90. The number of amides is 1. The van der Waals surface area contributed by atoms with Crippen molar-refractivity contribution >= 4 is 21.6 Å². The van der Waals surface area contributed by atoms with E-state index in [9.17, 15) is 26.4 Å². The molecule has 5 nitrogen and oxygen atoms in total. The van der Waals surface area contributed by atoms with Gasteiger partial charge in [0.15, 0.2) is 11.6 Å². The van der Waals surface area contributed by atoms with Crippen LogP contribution in [0.25, 0.3) is 0 Å². The van der Waals surface area contributed by atoms with Gasteiger partial charge in [-0.05, 0) is 49.6 Å². The monoisotopic (exact) mass is 426 g/mol. The predicted molar refractivity (Wildman–Crippen MR) is 103 cm³/mol. The molecule has 1 amide bonds. The lowest BCUT2D eigenvalue weighted by molar-refractivity contribution is 0.102. The van der Waals surface area contributed by atoms with E-state index in [0.29, 0.717) is 25.8 Å².